The number of nitrogens with zero attached hydrogens (tertiary/aromatic N) is 1. The topological polar surface area (TPSA) is 151 Å². The van der Waals surface area contributed by atoms with Gasteiger partial charge in [-0.25, -0.2) is 14.4 Å². The molecule has 0 radical (unpaired) electrons. The number of ether oxygens (including phenoxy) is 2. The van der Waals surface area contributed by atoms with E-state index >= 15 is 0 Å². The van der Waals surface area contributed by atoms with Gasteiger partial charge in [-0.2, -0.15) is 0 Å². The Morgan fingerprint density at radius 2 is 1.74 bits per heavy atom. The van der Waals surface area contributed by atoms with Crippen LogP contribution in [0.15, 0.2) is 53.4 Å². The maximum atomic E-state index is 13.6. The third kappa shape index (κ3) is 8.46. The molecule has 1 unspecified atom stereocenters. The molecule has 244 valence electrons. The summed E-state index contributed by atoms with van der Waals surface area (Å²) in [6.45, 7) is 9.76. The molecule has 1 aliphatic heterocycles. The van der Waals surface area contributed by atoms with Crippen LogP contribution in [0.3, 0.4) is 0 Å². The summed E-state index contributed by atoms with van der Waals surface area (Å²) < 4.78 is 10.9. The molecule has 0 fully saturated rings. The lowest BCUT2D eigenvalue weighted by atomic mass is 10.0. The van der Waals surface area contributed by atoms with Gasteiger partial charge in [-0.05, 0) is 76.4 Å². The van der Waals surface area contributed by atoms with Crippen LogP contribution >= 0.6 is 23.1 Å². The zero-order valence-electron chi connectivity index (χ0n) is 26.3. The van der Waals surface area contributed by atoms with Crippen molar-refractivity contribution < 1.29 is 38.6 Å². The summed E-state index contributed by atoms with van der Waals surface area (Å²) in [5, 5.41) is 14.9. The maximum absolute atomic E-state index is 13.6. The number of hydrogen-bond acceptors (Lipinski definition) is 9. The number of benzene rings is 2. The molecule has 2 aromatic carbocycles. The van der Waals surface area contributed by atoms with E-state index in [9.17, 15) is 29.1 Å². The zero-order valence-corrected chi connectivity index (χ0v) is 27.9. The van der Waals surface area contributed by atoms with Crippen LogP contribution in [0.5, 0.6) is 0 Å². The number of amides is 3. The molecule has 13 heteroatoms. The van der Waals surface area contributed by atoms with Crippen molar-refractivity contribution in [3.63, 3.8) is 0 Å². The van der Waals surface area contributed by atoms with Crippen LogP contribution < -0.4 is 10.6 Å². The molecule has 46 heavy (non-hydrogen) atoms. The minimum Gasteiger partial charge on any atom is -0.478 e. The first kappa shape index (κ1) is 34.5. The van der Waals surface area contributed by atoms with Crippen LogP contribution in [0, 0.1) is 0 Å². The molecular weight excluding hydrogens is 631 g/mol. The number of carbonyl (C=O) groups is 5. The van der Waals surface area contributed by atoms with Gasteiger partial charge >= 0.3 is 18.0 Å². The van der Waals surface area contributed by atoms with E-state index in [0.29, 0.717) is 40.5 Å². The van der Waals surface area contributed by atoms with Crippen LogP contribution in [0.4, 0.5) is 15.5 Å². The summed E-state index contributed by atoms with van der Waals surface area (Å²) in [6.07, 6.45) is 0.434. The molecule has 0 aliphatic carbocycles. The largest absolute Gasteiger partial charge is 0.478 e. The van der Waals surface area contributed by atoms with Crippen molar-refractivity contribution in [1.82, 2.24) is 4.90 Å². The Hall–Kier alpha value is -4.36. The van der Waals surface area contributed by atoms with Crippen molar-refractivity contribution >= 4 is 63.6 Å². The summed E-state index contributed by atoms with van der Waals surface area (Å²) in [6, 6.07) is 12.9. The van der Waals surface area contributed by atoms with Gasteiger partial charge < -0.3 is 30.1 Å². The van der Waals surface area contributed by atoms with Crippen LogP contribution in [0.25, 0.3) is 0 Å². The van der Waals surface area contributed by atoms with Gasteiger partial charge in [0.05, 0.1) is 35.1 Å². The van der Waals surface area contributed by atoms with Crippen molar-refractivity contribution in [2.45, 2.75) is 69.8 Å². The van der Waals surface area contributed by atoms with E-state index in [2.05, 4.69) is 10.6 Å². The number of fused-ring (bicyclic) bond motifs is 1. The normalized spacial score (nSPS) is 13.3. The Kier molecular flexibility index (Phi) is 11.1. The van der Waals surface area contributed by atoms with Crippen molar-refractivity contribution in [2.75, 3.05) is 23.8 Å². The minimum atomic E-state index is -1.20. The van der Waals surface area contributed by atoms with Crippen LogP contribution in [0.2, 0.25) is 0 Å². The quantitative estimate of drug-likeness (QED) is 0.159. The summed E-state index contributed by atoms with van der Waals surface area (Å²) in [7, 11) is 0. The molecule has 3 amide bonds. The number of carboxylic acid groups (broad SMARTS) is 1. The second-order valence-corrected chi connectivity index (χ2v) is 13.8. The number of rotatable bonds is 10. The van der Waals surface area contributed by atoms with E-state index < -0.39 is 34.8 Å². The highest BCUT2D eigenvalue weighted by molar-refractivity contribution is 8.00. The third-order valence-electron chi connectivity index (χ3n) is 6.86. The van der Waals surface area contributed by atoms with Gasteiger partial charge in [0.15, 0.2) is 0 Å². The zero-order chi connectivity index (χ0) is 33.6. The second-order valence-electron chi connectivity index (χ2n) is 11.4. The first-order valence-electron chi connectivity index (χ1n) is 14.8. The standard InChI is InChI=1S/C33H37N3O8S2/c1-6-24(45-20-12-10-11-19(17-20)34-27(37)21-13-8-9-14-22(21)30(39)40)28(38)35-29-26(31(41)43-7-2)23-15-16-36(18-25(23)46-29)32(42)44-33(3,4)5/h8-14,17,24H,6-7,15-16,18H2,1-5H3,(H,34,37)(H,35,38)(H,39,40). The van der Waals surface area contributed by atoms with E-state index in [1.807, 2.05) is 6.92 Å². The molecule has 1 aromatic heterocycles. The lowest BCUT2D eigenvalue weighted by molar-refractivity contribution is -0.115. The van der Waals surface area contributed by atoms with Crippen molar-refractivity contribution in [1.29, 1.82) is 0 Å². The molecule has 0 spiro atoms. The Labute approximate surface area is 275 Å². The van der Waals surface area contributed by atoms with Gasteiger partial charge in [0.2, 0.25) is 5.91 Å². The number of nitrogens with one attached hydrogen (secondary N) is 2. The number of esters is 1. The summed E-state index contributed by atoms with van der Waals surface area (Å²) >= 11 is 2.54. The number of anilines is 2. The molecule has 11 nitrogen and oxygen atoms in total. The first-order valence-corrected chi connectivity index (χ1v) is 16.5. The Morgan fingerprint density at radius 3 is 2.39 bits per heavy atom. The number of carbonyl (C=O) groups excluding carboxylic acids is 4. The highest BCUT2D eigenvalue weighted by atomic mass is 32.2. The van der Waals surface area contributed by atoms with E-state index in [-0.39, 0.29) is 30.2 Å². The van der Waals surface area contributed by atoms with Gasteiger partial charge in [0.1, 0.15) is 10.6 Å². The molecular formula is C33H37N3O8S2. The highest BCUT2D eigenvalue weighted by Gasteiger charge is 2.33. The van der Waals surface area contributed by atoms with Gasteiger partial charge in [-0.1, -0.05) is 25.1 Å². The molecule has 0 saturated heterocycles. The third-order valence-corrected chi connectivity index (χ3v) is 9.35. The van der Waals surface area contributed by atoms with Crippen LogP contribution in [-0.2, 0) is 27.2 Å². The number of thiophene rings is 1. The van der Waals surface area contributed by atoms with Crippen LogP contribution in [-0.4, -0.2) is 63.9 Å². The van der Waals surface area contributed by atoms with Crippen molar-refractivity contribution in [2.24, 2.45) is 0 Å². The molecule has 1 aliphatic rings. The molecule has 4 rings (SSSR count). The van der Waals surface area contributed by atoms with E-state index in [4.69, 9.17) is 9.47 Å². The van der Waals surface area contributed by atoms with Crippen LogP contribution in [0.1, 0.15) is 82.6 Å². The summed E-state index contributed by atoms with van der Waals surface area (Å²) in [5.74, 6) is -2.62. The Balaban J connectivity index is 1.50. The number of hydrogen-bond donors (Lipinski definition) is 3. The average molecular weight is 668 g/mol. The number of aromatic carboxylic acids is 1. The molecule has 0 saturated carbocycles. The van der Waals surface area contributed by atoms with Gasteiger partial charge in [0.25, 0.3) is 5.91 Å². The predicted molar refractivity (Wildman–Crippen MR) is 177 cm³/mol. The van der Waals surface area contributed by atoms with Crippen molar-refractivity contribution in [3.8, 4) is 0 Å². The highest BCUT2D eigenvalue weighted by Crippen LogP contribution is 2.39. The minimum absolute atomic E-state index is 0.0316. The fraction of sp³-hybridized carbons (Fsp3) is 0.364. The molecule has 0 bridgehead atoms. The molecule has 3 N–H and O–H groups in total. The monoisotopic (exact) mass is 667 g/mol. The summed E-state index contributed by atoms with van der Waals surface area (Å²) in [4.78, 5) is 66.9. The predicted octanol–water partition coefficient (Wildman–Crippen LogP) is 6.68. The maximum Gasteiger partial charge on any atom is 0.410 e. The fourth-order valence-electron chi connectivity index (χ4n) is 4.79. The molecule has 2 heterocycles. The van der Waals surface area contributed by atoms with Gasteiger partial charge in [-0.3, -0.25) is 9.59 Å². The number of thioether (sulfide) groups is 1. The molecule has 3 aromatic rings. The SMILES string of the molecule is CCOC(=O)c1c(NC(=O)C(CC)Sc2cccc(NC(=O)c3ccccc3C(=O)O)c2)sc2c1CCN(C(=O)OC(C)(C)C)C2. The smallest absolute Gasteiger partial charge is 0.410 e. The van der Waals surface area contributed by atoms with Crippen molar-refractivity contribution in [3.05, 3.63) is 75.7 Å². The Bertz CT molecular complexity index is 1650. The first-order chi connectivity index (χ1) is 21.8. The summed E-state index contributed by atoms with van der Waals surface area (Å²) in [5.41, 5.74) is 0.784. The fourth-order valence-corrected chi connectivity index (χ4v) is 7.05. The second kappa shape index (κ2) is 14.8. The van der Waals surface area contributed by atoms with E-state index in [1.165, 1.54) is 35.2 Å². The van der Waals surface area contributed by atoms with Gasteiger partial charge in [0, 0.05) is 22.0 Å². The van der Waals surface area contributed by atoms with E-state index in [1.54, 1.807) is 69.0 Å². The van der Waals surface area contributed by atoms with Gasteiger partial charge in [-0.15, -0.1) is 23.1 Å². The van der Waals surface area contributed by atoms with E-state index in [0.717, 1.165) is 10.4 Å². The molecule has 1 atom stereocenters. The lowest BCUT2D eigenvalue weighted by Gasteiger charge is -2.30. The lowest BCUT2D eigenvalue weighted by Crippen LogP contribution is -2.39. The average Bonchev–Trinajstić information content (AvgIpc) is 3.36. The Morgan fingerprint density at radius 1 is 1.02 bits per heavy atom. The number of carboxylic acids is 1.